The van der Waals surface area contributed by atoms with Crippen molar-refractivity contribution in [2.24, 2.45) is 11.5 Å². The first-order valence-corrected chi connectivity index (χ1v) is 5.54. The Morgan fingerprint density at radius 1 is 0.944 bits per heavy atom. The van der Waals surface area contributed by atoms with Crippen molar-refractivity contribution in [2.45, 2.75) is 24.9 Å². The van der Waals surface area contributed by atoms with E-state index >= 15 is 0 Å². The van der Waals surface area contributed by atoms with Gasteiger partial charge in [-0.15, -0.1) is 24.8 Å². The number of carbonyl (C=O) groups is 2. The molecule has 18 heavy (non-hydrogen) atoms. The normalized spacial score (nSPS) is 15.4. The van der Waals surface area contributed by atoms with E-state index in [4.69, 9.17) is 21.7 Å². The van der Waals surface area contributed by atoms with E-state index in [1.165, 1.54) is 13.8 Å². The molecule has 2 atom stereocenters. The number of nitrogens with two attached hydrogens (primary N) is 2. The van der Waals surface area contributed by atoms with Gasteiger partial charge in [-0.3, -0.25) is 9.59 Å². The first-order valence-electron chi connectivity index (χ1n) is 4.27. The molecule has 0 aliphatic heterocycles. The second-order valence-electron chi connectivity index (χ2n) is 3.76. The third-order valence-electron chi connectivity index (χ3n) is 1.63. The van der Waals surface area contributed by atoms with Gasteiger partial charge in [0, 0.05) is 11.5 Å². The minimum Gasteiger partial charge on any atom is -0.480 e. The Balaban J connectivity index is -0.0000000980. The van der Waals surface area contributed by atoms with Gasteiger partial charge in [0.1, 0.15) is 11.1 Å². The Labute approximate surface area is 130 Å². The Morgan fingerprint density at radius 3 is 1.11 bits per heavy atom. The van der Waals surface area contributed by atoms with Crippen LogP contribution in [0.4, 0.5) is 0 Å². The molecule has 0 aromatic carbocycles. The molecule has 0 aromatic rings. The second-order valence-corrected chi connectivity index (χ2v) is 4.39. The molecule has 6 N–H and O–H groups in total. The van der Waals surface area contributed by atoms with Crippen LogP contribution in [-0.4, -0.2) is 44.7 Å². The highest BCUT2D eigenvalue weighted by Gasteiger charge is 2.25. The third-order valence-corrected chi connectivity index (χ3v) is 2.95. The summed E-state index contributed by atoms with van der Waals surface area (Å²) in [7, 11) is 0. The number of rotatable bonds is 4. The first-order chi connectivity index (χ1) is 7.01. The lowest BCUT2D eigenvalue weighted by atomic mass is 10.1. The molecule has 0 aromatic heterocycles. The van der Waals surface area contributed by atoms with E-state index in [2.05, 4.69) is 25.3 Å². The van der Waals surface area contributed by atoms with Crippen LogP contribution >= 0.6 is 50.1 Å². The van der Waals surface area contributed by atoms with E-state index in [1.807, 2.05) is 0 Å². The summed E-state index contributed by atoms with van der Waals surface area (Å²) >= 11 is 7.47. The summed E-state index contributed by atoms with van der Waals surface area (Å²) < 4.78 is 0. The van der Waals surface area contributed by atoms with Gasteiger partial charge < -0.3 is 21.7 Å². The van der Waals surface area contributed by atoms with E-state index in [1.54, 1.807) is 0 Å². The lowest BCUT2D eigenvalue weighted by Gasteiger charge is -2.14. The molecule has 0 fully saturated rings. The van der Waals surface area contributed by atoms with E-state index in [-0.39, 0.29) is 36.3 Å². The monoisotopic (exact) mass is 342 g/mol. The van der Waals surface area contributed by atoms with Crippen molar-refractivity contribution in [3.05, 3.63) is 0 Å². The van der Waals surface area contributed by atoms with Gasteiger partial charge >= 0.3 is 11.9 Å². The summed E-state index contributed by atoms with van der Waals surface area (Å²) in [5, 5.41) is 16.5. The van der Waals surface area contributed by atoms with Crippen LogP contribution in [0.5, 0.6) is 0 Å². The van der Waals surface area contributed by atoms with Gasteiger partial charge in [-0.05, 0) is 13.8 Å². The standard InChI is InChI=1S/2C4H9NO2S.2ClH/c2*1-4(5,2-8)3(6)7;;/h2*8H,2,5H2,1H3,(H,6,7);2*1H/t2*4-;;/m10../s1. The number of thiol groups is 2. The smallest absolute Gasteiger partial charge is 0.324 e. The molecule has 10 heteroatoms. The van der Waals surface area contributed by atoms with E-state index in [9.17, 15) is 9.59 Å². The number of halogens is 2. The minimum atomic E-state index is -1.18. The summed E-state index contributed by atoms with van der Waals surface area (Å²) in [6.07, 6.45) is 0. The fourth-order valence-electron chi connectivity index (χ4n) is 0.135. The molecular formula is C8H20Cl2N2O4S2. The minimum absolute atomic E-state index is 0. The van der Waals surface area contributed by atoms with Gasteiger partial charge in [-0.1, -0.05) is 0 Å². The predicted octanol–water partition coefficient (Wildman–Crippen LogP) is 0.280. The molecule has 0 aliphatic rings. The average Bonchev–Trinajstić information content (AvgIpc) is 2.18. The SMILES string of the molecule is C[C@@](N)(CS)C(=O)O.C[C@](N)(CS)C(=O)O.Cl.Cl. The zero-order chi connectivity index (χ0) is 13.6. The van der Waals surface area contributed by atoms with E-state index in [0.29, 0.717) is 0 Å². The van der Waals surface area contributed by atoms with Gasteiger partial charge in [0.05, 0.1) is 0 Å². The largest absolute Gasteiger partial charge is 0.480 e. The summed E-state index contributed by atoms with van der Waals surface area (Å²) in [5.74, 6) is -1.73. The number of hydrogen-bond acceptors (Lipinski definition) is 6. The maximum absolute atomic E-state index is 10.1. The van der Waals surface area contributed by atoms with Gasteiger partial charge in [-0.2, -0.15) is 25.3 Å². The lowest BCUT2D eigenvalue weighted by Crippen LogP contribution is -2.46. The van der Waals surface area contributed by atoms with Crippen LogP contribution in [0.3, 0.4) is 0 Å². The molecule has 112 valence electrons. The molecular weight excluding hydrogens is 323 g/mol. The highest BCUT2D eigenvalue weighted by Crippen LogP contribution is 2.00. The van der Waals surface area contributed by atoms with Crippen molar-refractivity contribution in [1.29, 1.82) is 0 Å². The molecule has 0 radical (unpaired) electrons. The molecule has 6 nitrogen and oxygen atoms in total. The molecule has 0 rings (SSSR count). The van der Waals surface area contributed by atoms with Gasteiger partial charge in [0.2, 0.25) is 0 Å². The average molecular weight is 343 g/mol. The van der Waals surface area contributed by atoms with Crippen LogP contribution < -0.4 is 11.5 Å². The Hall–Kier alpha value is 0.140. The highest BCUT2D eigenvalue weighted by atomic mass is 35.5. The topological polar surface area (TPSA) is 127 Å². The molecule has 0 saturated heterocycles. The summed E-state index contributed by atoms with van der Waals surface area (Å²) in [4.78, 5) is 20.2. The maximum Gasteiger partial charge on any atom is 0.324 e. The second kappa shape index (κ2) is 11.0. The molecule has 0 unspecified atom stereocenters. The number of hydrogen-bond donors (Lipinski definition) is 6. The van der Waals surface area contributed by atoms with Gasteiger partial charge in [-0.25, -0.2) is 0 Å². The Kier molecular flexibility index (Phi) is 16.3. The molecule has 0 spiro atoms. The van der Waals surface area contributed by atoms with Crippen LogP contribution in [0.1, 0.15) is 13.8 Å². The molecule has 0 heterocycles. The molecule has 0 aliphatic carbocycles. The number of carboxylic acids is 2. The van der Waals surface area contributed by atoms with E-state index in [0.717, 1.165) is 0 Å². The van der Waals surface area contributed by atoms with Crippen molar-refractivity contribution < 1.29 is 19.8 Å². The lowest BCUT2D eigenvalue weighted by molar-refractivity contribution is -0.142. The molecule has 0 saturated carbocycles. The van der Waals surface area contributed by atoms with Crippen molar-refractivity contribution in [2.75, 3.05) is 11.5 Å². The predicted molar refractivity (Wildman–Crippen MR) is 82.7 cm³/mol. The van der Waals surface area contributed by atoms with Crippen molar-refractivity contribution >= 4 is 62.0 Å². The fourth-order valence-corrected chi connectivity index (χ4v) is 0.406. The maximum atomic E-state index is 10.1. The van der Waals surface area contributed by atoms with Crippen molar-refractivity contribution in [3.63, 3.8) is 0 Å². The Morgan fingerprint density at radius 2 is 1.11 bits per heavy atom. The number of carboxylic acid groups (broad SMARTS) is 2. The first kappa shape index (κ1) is 26.7. The van der Waals surface area contributed by atoms with Crippen LogP contribution in [0.25, 0.3) is 0 Å². The zero-order valence-corrected chi connectivity index (χ0v) is 13.4. The van der Waals surface area contributed by atoms with Crippen LogP contribution in [0, 0.1) is 0 Å². The fraction of sp³-hybridized carbons (Fsp3) is 0.750. The van der Waals surface area contributed by atoms with Gasteiger partial charge in [0.15, 0.2) is 0 Å². The van der Waals surface area contributed by atoms with Crippen LogP contribution in [0.2, 0.25) is 0 Å². The van der Waals surface area contributed by atoms with Crippen molar-refractivity contribution in [1.82, 2.24) is 0 Å². The molecule has 0 amide bonds. The number of aliphatic carboxylic acids is 2. The highest BCUT2D eigenvalue weighted by molar-refractivity contribution is 7.80. The third kappa shape index (κ3) is 11.2. The van der Waals surface area contributed by atoms with E-state index < -0.39 is 23.0 Å². The van der Waals surface area contributed by atoms with Crippen molar-refractivity contribution in [3.8, 4) is 0 Å². The van der Waals surface area contributed by atoms with Crippen LogP contribution in [0.15, 0.2) is 0 Å². The Bertz CT molecular complexity index is 239. The summed E-state index contributed by atoms with van der Waals surface area (Å²) in [6.45, 7) is 2.84. The zero-order valence-electron chi connectivity index (χ0n) is 9.99. The summed E-state index contributed by atoms with van der Waals surface area (Å²) in [6, 6.07) is 0. The molecule has 0 bridgehead atoms. The van der Waals surface area contributed by atoms with Crippen LogP contribution in [-0.2, 0) is 9.59 Å². The summed E-state index contributed by atoms with van der Waals surface area (Å²) in [5.41, 5.74) is 8.01. The van der Waals surface area contributed by atoms with Gasteiger partial charge in [0.25, 0.3) is 0 Å². The quantitative estimate of drug-likeness (QED) is 0.407.